The van der Waals surface area contributed by atoms with Gasteiger partial charge in [-0.05, 0) is 59.0 Å². The third-order valence-electron chi connectivity index (χ3n) is 4.20. The van der Waals surface area contributed by atoms with Crippen LogP contribution < -0.4 is 5.32 Å². The smallest absolute Gasteiger partial charge is 0.0710 e. The van der Waals surface area contributed by atoms with Crippen LogP contribution in [0.4, 0.5) is 0 Å². The third-order valence-corrected chi connectivity index (χ3v) is 4.20. The Bertz CT molecular complexity index is 249. The van der Waals surface area contributed by atoms with Gasteiger partial charge in [-0.15, -0.1) is 0 Å². The number of rotatable bonds is 6. The standard InChI is InChI=1S/C15H30N2O/c1-4-10-17(11-13-6-5-9-16-13)12-14-7-8-15(2,3)18-14/h13-14,16H,4-12H2,1-3H3. The molecule has 2 fully saturated rings. The topological polar surface area (TPSA) is 24.5 Å². The van der Waals surface area contributed by atoms with Crippen molar-refractivity contribution in [1.29, 1.82) is 0 Å². The van der Waals surface area contributed by atoms with Gasteiger partial charge in [-0.1, -0.05) is 6.92 Å². The molecule has 0 aromatic heterocycles. The Labute approximate surface area is 112 Å². The summed E-state index contributed by atoms with van der Waals surface area (Å²) in [6.07, 6.45) is 6.82. The first-order chi connectivity index (χ1) is 8.59. The molecule has 18 heavy (non-hydrogen) atoms. The molecule has 0 aliphatic carbocycles. The molecular formula is C15H30N2O. The quantitative estimate of drug-likeness (QED) is 0.788. The lowest BCUT2D eigenvalue weighted by molar-refractivity contribution is -0.0293. The van der Waals surface area contributed by atoms with Crippen molar-refractivity contribution in [3.63, 3.8) is 0 Å². The zero-order valence-electron chi connectivity index (χ0n) is 12.4. The molecular weight excluding hydrogens is 224 g/mol. The van der Waals surface area contributed by atoms with Crippen LogP contribution in [0.3, 0.4) is 0 Å². The van der Waals surface area contributed by atoms with Gasteiger partial charge in [0.1, 0.15) is 0 Å². The van der Waals surface area contributed by atoms with E-state index in [1.807, 2.05) is 0 Å². The maximum atomic E-state index is 6.13. The van der Waals surface area contributed by atoms with E-state index in [2.05, 4.69) is 31.0 Å². The maximum Gasteiger partial charge on any atom is 0.0710 e. The summed E-state index contributed by atoms with van der Waals surface area (Å²) >= 11 is 0. The lowest BCUT2D eigenvalue weighted by Gasteiger charge is -2.28. The highest BCUT2D eigenvalue weighted by atomic mass is 16.5. The maximum absolute atomic E-state index is 6.13. The lowest BCUT2D eigenvalue weighted by atomic mass is 10.1. The molecule has 1 N–H and O–H groups in total. The molecule has 0 aromatic carbocycles. The van der Waals surface area contributed by atoms with Crippen LogP contribution in [0, 0.1) is 0 Å². The van der Waals surface area contributed by atoms with E-state index in [1.165, 1.54) is 51.7 Å². The molecule has 0 aromatic rings. The molecule has 2 rings (SSSR count). The summed E-state index contributed by atoms with van der Waals surface area (Å²) in [5, 5.41) is 3.60. The van der Waals surface area contributed by atoms with E-state index in [1.54, 1.807) is 0 Å². The van der Waals surface area contributed by atoms with E-state index in [0.29, 0.717) is 12.1 Å². The van der Waals surface area contributed by atoms with Gasteiger partial charge in [-0.25, -0.2) is 0 Å². The van der Waals surface area contributed by atoms with Crippen molar-refractivity contribution >= 4 is 0 Å². The summed E-state index contributed by atoms with van der Waals surface area (Å²) in [7, 11) is 0. The van der Waals surface area contributed by atoms with E-state index in [4.69, 9.17) is 4.74 Å². The zero-order chi connectivity index (χ0) is 13.0. The first-order valence-corrected chi connectivity index (χ1v) is 7.72. The molecule has 2 aliphatic rings. The normalized spacial score (nSPS) is 31.3. The van der Waals surface area contributed by atoms with Crippen molar-refractivity contribution in [1.82, 2.24) is 10.2 Å². The molecule has 0 amide bonds. The second-order valence-electron chi connectivity index (χ2n) is 6.59. The number of hydrogen-bond donors (Lipinski definition) is 1. The van der Waals surface area contributed by atoms with E-state index >= 15 is 0 Å². The van der Waals surface area contributed by atoms with Crippen molar-refractivity contribution in [2.75, 3.05) is 26.2 Å². The van der Waals surface area contributed by atoms with Crippen LogP contribution in [0.2, 0.25) is 0 Å². The summed E-state index contributed by atoms with van der Waals surface area (Å²) in [6, 6.07) is 0.714. The van der Waals surface area contributed by atoms with Crippen LogP contribution >= 0.6 is 0 Å². The van der Waals surface area contributed by atoms with Gasteiger partial charge in [-0.3, -0.25) is 4.90 Å². The van der Waals surface area contributed by atoms with Crippen LogP contribution in [0.15, 0.2) is 0 Å². The van der Waals surface area contributed by atoms with Crippen molar-refractivity contribution in [2.24, 2.45) is 0 Å². The van der Waals surface area contributed by atoms with Gasteiger partial charge in [0.15, 0.2) is 0 Å². The monoisotopic (exact) mass is 254 g/mol. The van der Waals surface area contributed by atoms with Crippen molar-refractivity contribution in [3.8, 4) is 0 Å². The van der Waals surface area contributed by atoms with Crippen LogP contribution in [0.5, 0.6) is 0 Å². The molecule has 0 bridgehead atoms. The predicted octanol–water partition coefficient (Wildman–Crippen LogP) is 2.41. The van der Waals surface area contributed by atoms with Crippen LogP contribution in [-0.2, 0) is 4.74 Å². The van der Waals surface area contributed by atoms with Gasteiger partial charge in [-0.2, -0.15) is 0 Å². The van der Waals surface area contributed by atoms with Crippen LogP contribution in [0.1, 0.15) is 52.9 Å². The number of nitrogens with zero attached hydrogens (tertiary/aromatic N) is 1. The summed E-state index contributed by atoms with van der Waals surface area (Å²) in [5.41, 5.74) is 0.105. The highest BCUT2D eigenvalue weighted by Gasteiger charge is 2.32. The number of nitrogens with one attached hydrogen (secondary N) is 1. The minimum Gasteiger partial charge on any atom is -0.371 e. The Morgan fingerprint density at radius 1 is 1.28 bits per heavy atom. The van der Waals surface area contributed by atoms with Gasteiger partial charge in [0.25, 0.3) is 0 Å². The lowest BCUT2D eigenvalue weighted by Crippen LogP contribution is -2.42. The van der Waals surface area contributed by atoms with Crippen molar-refractivity contribution in [3.05, 3.63) is 0 Å². The molecule has 3 nitrogen and oxygen atoms in total. The van der Waals surface area contributed by atoms with E-state index in [9.17, 15) is 0 Å². The second kappa shape index (κ2) is 6.36. The molecule has 0 saturated carbocycles. The largest absolute Gasteiger partial charge is 0.371 e. The molecule has 106 valence electrons. The molecule has 0 radical (unpaired) electrons. The summed E-state index contributed by atoms with van der Waals surface area (Å²) in [6.45, 7) is 11.4. The molecule has 0 spiro atoms. The fourth-order valence-corrected chi connectivity index (χ4v) is 3.29. The molecule has 2 heterocycles. The molecule has 3 heteroatoms. The highest BCUT2D eigenvalue weighted by Crippen LogP contribution is 2.29. The average Bonchev–Trinajstić information content (AvgIpc) is 2.89. The van der Waals surface area contributed by atoms with Gasteiger partial charge < -0.3 is 10.1 Å². The first-order valence-electron chi connectivity index (χ1n) is 7.72. The fourth-order valence-electron chi connectivity index (χ4n) is 3.29. The summed E-state index contributed by atoms with van der Waals surface area (Å²) < 4.78 is 6.13. The van der Waals surface area contributed by atoms with E-state index in [0.717, 1.165) is 6.54 Å². The molecule has 2 atom stereocenters. The number of hydrogen-bond acceptors (Lipinski definition) is 3. The minimum absolute atomic E-state index is 0.105. The third kappa shape index (κ3) is 4.22. The number of ether oxygens (including phenoxy) is 1. The van der Waals surface area contributed by atoms with Gasteiger partial charge >= 0.3 is 0 Å². The molecule has 2 unspecified atom stereocenters. The Hall–Kier alpha value is -0.120. The van der Waals surface area contributed by atoms with Crippen molar-refractivity contribution in [2.45, 2.75) is 70.6 Å². The second-order valence-corrected chi connectivity index (χ2v) is 6.59. The van der Waals surface area contributed by atoms with E-state index < -0.39 is 0 Å². The Kier molecular flexibility index (Phi) is 5.05. The van der Waals surface area contributed by atoms with Crippen molar-refractivity contribution < 1.29 is 4.74 Å². The molecule has 2 saturated heterocycles. The average molecular weight is 254 g/mol. The minimum atomic E-state index is 0.105. The van der Waals surface area contributed by atoms with Gasteiger partial charge in [0.05, 0.1) is 11.7 Å². The Balaban J connectivity index is 1.78. The SMILES string of the molecule is CCCN(CC1CCCN1)CC1CCC(C)(C)O1. The van der Waals surface area contributed by atoms with Gasteiger partial charge in [0.2, 0.25) is 0 Å². The Morgan fingerprint density at radius 3 is 2.67 bits per heavy atom. The zero-order valence-corrected chi connectivity index (χ0v) is 12.4. The highest BCUT2D eigenvalue weighted by molar-refractivity contribution is 4.84. The predicted molar refractivity (Wildman–Crippen MR) is 75.9 cm³/mol. The Morgan fingerprint density at radius 2 is 2.11 bits per heavy atom. The van der Waals surface area contributed by atoms with Crippen LogP contribution in [-0.4, -0.2) is 48.8 Å². The van der Waals surface area contributed by atoms with Crippen LogP contribution in [0.25, 0.3) is 0 Å². The van der Waals surface area contributed by atoms with E-state index in [-0.39, 0.29) is 5.60 Å². The molecule has 2 aliphatic heterocycles. The van der Waals surface area contributed by atoms with Gasteiger partial charge in [0, 0.05) is 19.1 Å². The summed E-state index contributed by atoms with van der Waals surface area (Å²) in [4.78, 5) is 2.61. The first kappa shape index (κ1) is 14.3. The summed E-state index contributed by atoms with van der Waals surface area (Å²) in [5.74, 6) is 0. The fraction of sp³-hybridized carbons (Fsp3) is 1.00.